The normalized spacial score (nSPS) is 10.6. The Morgan fingerprint density at radius 1 is 1.14 bits per heavy atom. The fraction of sp³-hybridized carbons (Fsp3) is 0.190. The molecule has 28 heavy (non-hydrogen) atoms. The van der Waals surface area contributed by atoms with Gasteiger partial charge in [-0.05, 0) is 55.1 Å². The molecule has 1 aromatic heterocycles. The number of esters is 1. The molecule has 0 radical (unpaired) electrons. The Labute approximate surface area is 160 Å². The number of carbonyl (C=O) groups excluding carboxylic acids is 2. The molecule has 2 N–H and O–H groups in total. The molecule has 1 amide bonds. The first-order valence-electron chi connectivity index (χ1n) is 8.85. The highest BCUT2D eigenvalue weighted by Gasteiger charge is 2.14. The van der Waals surface area contributed by atoms with E-state index < -0.39 is 11.8 Å². The van der Waals surface area contributed by atoms with Crippen molar-refractivity contribution in [3.63, 3.8) is 0 Å². The number of benzene rings is 2. The number of aromatic amines is 1. The van der Waals surface area contributed by atoms with E-state index in [4.69, 9.17) is 4.74 Å². The maximum absolute atomic E-state index is 13.3. The molecule has 0 aliphatic rings. The molecule has 3 aromatic rings. The van der Waals surface area contributed by atoms with Crippen LogP contribution in [0.3, 0.4) is 0 Å². The van der Waals surface area contributed by atoms with E-state index in [2.05, 4.69) is 10.3 Å². The van der Waals surface area contributed by atoms with Crippen molar-refractivity contribution in [3.05, 3.63) is 75.8 Å². The molecule has 0 fully saturated rings. The number of amides is 1. The van der Waals surface area contributed by atoms with Gasteiger partial charge in [0, 0.05) is 12.0 Å². The van der Waals surface area contributed by atoms with Gasteiger partial charge in [0.1, 0.15) is 5.82 Å². The highest BCUT2D eigenvalue weighted by atomic mass is 19.1. The third-order valence-corrected chi connectivity index (χ3v) is 4.20. The van der Waals surface area contributed by atoms with Gasteiger partial charge in [-0.3, -0.25) is 9.59 Å². The number of hydrogen-bond donors (Lipinski definition) is 2. The summed E-state index contributed by atoms with van der Waals surface area (Å²) in [5, 5.41) is 3.37. The van der Waals surface area contributed by atoms with E-state index in [0.29, 0.717) is 22.2 Å². The van der Waals surface area contributed by atoms with Gasteiger partial charge in [0.15, 0.2) is 0 Å². The number of carbonyl (C=O) groups is 2. The predicted molar refractivity (Wildman–Crippen MR) is 104 cm³/mol. The first kappa shape index (κ1) is 19.3. The minimum atomic E-state index is -0.517. The molecule has 7 heteroatoms. The minimum Gasteiger partial charge on any atom is -0.462 e. The second kappa shape index (κ2) is 8.47. The van der Waals surface area contributed by atoms with E-state index in [1.165, 1.54) is 12.1 Å². The molecule has 0 aliphatic heterocycles. The average Bonchev–Trinajstić information content (AvgIpc) is 2.67. The second-order valence-corrected chi connectivity index (χ2v) is 6.17. The van der Waals surface area contributed by atoms with E-state index in [0.717, 1.165) is 0 Å². The fourth-order valence-corrected chi connectivity index (χ4v) is 2.84. The Hall–Kier alpha value is -3.48. The quantitative estimate of drug-likeness (QED) is 0.640. The number of rotatable bonds is 6. The molecule has 0 saturated carbocycles. The van der Waals surface area contributed by atoms with Gasteiger partial charge in [0.2, 0.25) is 5.91 Å². The lowest BCUT2D eigenvalue weighted by Crippen LogP contribution is -2.18. The van der Waals surface area contributed by atoms with Crippen LogP contribution in [0, 0.1) is 5.82 Å². The third kappa shape index (κ3) is 4.43. The number of para-hydroxylation sites is 1. The molecular weight excluding hydrogens is 363 g/mol. The maximum Gasteiger partial charge on any atom is 0.340 e. The average molecular weight is 382 g/mol. The van der Waals surface area contributed by atoms with Crippen molar-refractivity contribution in [2.75, 3.05) is 11.9 Å². The Bertz CT molecular complexity index is 1090. The number of fused-ring (bicyclic) bond motifs is 1. The molecule has 6 nitrogen and oxygen atoms in total. The van der Waals surface area contributed by atoms with Crippen molar-refractivity contribution >= 4 is 28.5 Å². The number of aromatic nitrogens is 1. The van der Waals surface area contributed by atoms with Crippen LogP contribution in [0.4, 0.5) is 10.1 Å². The Morgan fingerprint density at radius 2 is 1.93 bits per heavy atom. The maximum atomic E-state index is 13.3. The summed E-state index contributed by atoms with van der Waals surface area (Å²) in [5.41, 5.74) is 1.09. The summed E-state index contributed by atoms with van der Waals surface area (Å²) in [6.07, 6.45) is 0.253. The first-order chi connectivity index (χ1) is 13.5. The van der Waals surface area contributed by atoms with Gasteiger partial charge >= 0.3 is 5.97 Å². The van der Waals surface area contributed by atoms with Crippen LogP contribution in [0.25, 0.3) is 10.9 Å². The number of halogens is 1. The minimum absolute atomic E-state index is 0.0486. The van der Waals surface area contributed by atoms with E-state index >= 15 is 0 Å². The summed E-state index contributed by atoms with van der Waals surface area (Å²) in [7, 11) is 0. The van der Waals surface area contributed by atoms with Crippen molar-refractivity contribution in [2.24, 2.45) is 0 Å². The van der Waals surface area contributed by atoms with Crippen LogP contribution < -0.4 is 10.9 Å². The molecule has 0 spiro atoms. The molecule has 144 valence electrons. The highest BCUT2D eigenvalue weighted by molar-refractivity contribution is 6.01. The summed E-state index contributed by atoms with van der Waals surface area (Å²) in [4.78, 5) is 39.1. The van der Waals surface area contributed by atoms with Crippen LogP contribution in [0.1, 0.15) is 29.3 Å². The SMILES string of the molecule is CCOC(=O)c1ccccc1NC(=O)CCc1cc2ccc(F)cc2[nH]c1=O. The van der Waals surface area contributed by atoms with Gasteiger partial charge in [0.05, 0.1) is 23.4 Å². The van der Waals surface area contributed by atoms with Crippen molar-refractivity contribution in [1.29, 1.82) is 0 Å². The largest absolute Gasteiger partial charge is 0.462 e. The Balaban J connectivity index is 1.71. The zero-order chi connectivity index (χ0) is 20.1. The van der Waals surface area contributed by atoms with Crippen LogP contribution in [-0.2, 0) is 16.0 Å². The second-order valence-electron chi connectivity index (χ2n) is 6.17. The predicted octanol–water partition coefficient (Wildman–Crippen LogP) is 3.42. The summed E-state index contributed by atoms with van der Waals surface area (Å²) < 4.78 is 18.2. The van der Waals surface area contributed by atoms with Crippen LogP contribution in [0.5, 0.6) is 0 Å². The van der Waals surface area contributed by atoms with Crippen molar-refractivity contribution in [1.82, 2.24) is 4.98 Å². The number of hydrogen-bond acceptors (Lipinski definition) is 4. The van der Waals surface area contributed by atoms with E-state index in [-0.39, 0.29) is 36.5 Å². The summed E-state index contributed by atoms with van der Waals surface area (Å²) >= 11 is 0. The molecule has 0 saturated heterocycles. The van der Waals surface area contributed by atoms with Crippen molar-refractivity contribution in [2.45, 2.75) is 19.8 Å². The van der Waals surface area contributed by atoms with Gasteiger partial charge < -0.3 is 15.0 Å². The lowest BCUT2D eigenvalue weighted by Gasteiger charge is -2.10. The molecule has 1 heterocycles. The topological polar surface area (TPSA) is 88.3 Å². The molecule has 2 aromatic carbocycles. The number of H-pyrrole nitrogens is 1. The smallest absolute Gasteiger partial charge is 0.340 e. The van der Waals surface area contributed by atoms with Gasteiger partial charge in [-0.15, -0.1) is 0 Å². The molecule has 0 unspecified atom stereocenters. The van der Waals surface area contributed by atoms with Crippen LogP contribution in [0.15, 0.2) is 53.3 Å². The lowest BCUT2D eigenvalue weighted by molar-refractivity contribution is -0.116. The first-order valence-corrected chi connectivity index (χ1v) is 8.85. The number of nitrogens with one attached hydrogen (secondary N) is 2. The van der Waals surface area contributed by atoms with Gasteiger partial charge in [-0.1, -0.05) is 12.1 Å². The zero-order valence-corrected chi connectivity index (χ0v) is 15.3. The molecule has 0 bridgehead atoms. The molecule has 3 rings (SSSR count). The third-order valence-electron chi connectivity index (χ3n) is 4.20. The molecule has 0 atom stereocenters. The Kier molecular flexibility index (Phi) is 5.84. The van der Waals surface area contributed by atoms with Gasteiger partial charge in [-0.25, -0.2) is 9.18 Å². The van der Waals surface area contributed by atoms with Crippen molar-refractivity contribution < 1.29 is 18.7 Å². The van der Waals surface area contributed by atoms with E-state index in [9.17, 15) is 18.8 Å². The van der Waals surface area contributed by atoms with E-state index in [1.807, 2.05) is 0 Å². The standard InChI is InChI=1S/C21H19FN2O4/c1-2-28-21(27)16-5-3-4-6-17(16)23-19(25)10-8-14-11-13-7-9-15(22)12-18(13)24-20(14)26/h3-7,9,11-12H,2,8,10H2,1H3,(H,23,25)(H,24,26). The van der Waals surface area contributed by atoms with Gasteiger partial charge in [-0.2, -0.15) is 0 Å². The summed E-state index contributed by atoms with van der Waals surface area (Å²) in [6, 6.07) is 12.3. The van der Waals surface area contributed by atoms with Gasteiger partial charge in [0.25, 0.3) is 5.56 Å². The molecule has 0 aliphatic carbocycles. The van der Waals surface area contributed by atoms with Crippen LogP contribution >= 0.6 is 0 Å². The van der Waals surface area contributed by atoms with Crippen LogP contribution in [-0.4, -0.2) is 23.5 Å². The van der Waals surface area contributed by atoms with Crippen molar-refractivity contribution in [3.8, 4) is 0 Å². The zero-order valence-electron chi connectivity index (χ0n) is 15.3. The fourth-order valence-electron chi connectivity index (χ4n) is 2.84. The van der Waals surface area contributed by atoms with Crippen LogP contribution in [0.2, 0.25) is 0 Å². The van der Waals surface area contributed by atoms with E-state index in [1.54, 1.807) is 43.3 Å². The number of ether oxygens (including phenoxy) is 1. The monoisotopic (exact) mass is 382 g/mol. The Morgan fingerprint density at radius 3 is 2.71 bits per heavy atom. The summed E-state index contributed by atoms with van der Waals surface area (Å²) in [5.74, 6) is -1.29. The summed E-state index contributed by atoms with van der Waals surface area (Å²) in [6.45, 7) is 1.93. The lowest BCUT2D eigenvalue weighted by atomic mass is 10.1. The highest BCUT2D eigenvalue weighted by Crippen LogP contribution is 2.17. The number of aryl methyl sites for hydroxylation is 1. The number of anilines is 1. The molecular formula is C21H19FN2O4. The number of pyridine rings is 1.